The Hall–Kier alpha value is -0.870. The van der Waals surface area contributed by atoms with Gasteiger partial charge in [-0.1, -0.05) is 19.9 Å². The molecule has 1 rings (SSSR count). The zero-order valence-electron chi connectivity index (χ0n) is 11.4. The standard InChI is InChI=1S/C14H23NO2S/c1-11(2)6-7-18(16)10-12-4-5-14(17-3)13(8-12)9-15/h4-5,8,11H,6-7,9-10,15H2,1-3H3. The van der Waals surface area contributed by atoms with Crippen LogP contribution in [0.4, 0.5) is 0 Å². The molecule has 1 atom stereocenters. The Kier molecular flexibility index (Phi) is 6.36. The predicted octanol–water partition coefficient (Wildman–Crippen LogP) is 2.45. The van der Waals surface area contributed by atoms with Crippen molar-refractivity contribution in [2.45, 2.75) is 32.6 Å². The molecule has 102 valence electrons. The van der Waals surface area contributed by atoms with Crippen LogP contribution in [0.5, 0.6) is 5.75 Å². The SMILES string of the molecule is COc1ccc(CS(=O)CCC(C)C)cc1CN. The van der Waals surface area contributed by atoms with E-state index in [9.17, 15) is 4.21 Å². The third-order valence-corrected chi connectivity index (χ3v) is 4.16. The minimum absolute atomic E-state index is 0.440. The van der Waals surface area contributed by atoms with E-state index in [4.69, 9.17) is 10.5 Å². The third-order valence-electron chi connectivity index (χ3n) is 2.82. The van der Waals surface area contributed by atoms with Crippen LogP contribution in [0.2, 0.25) is 0 Å². The van der Waals surface area contributed by atoms with Gasteiger partial charge in [0.1, 0.15) is 5.75 Å². The Morgan fingerprint density at radius 2 is 2.11 bits per heavy atom. The van der Waals surface area contributed by atoms with Gasteiger partial charge in [0.05, 0.1) is 7.11 Å². The highest BCUT2D eigenvalue weighted by molar-refractivity contribution is 7.84. The Labute approximate surface area is 112 Å². The van der Waals surface area contributed by atoms with E-state index in [1.807, 2.05) is 18.2 Å². The molecule has 18 heavy (non-hydrogen) atoms. The van der Waals surface area contributed by atoms with Gasteiger partial charge < -0.3 is 10.5 Å². The van der Waals surface area contributed by atoms with Crippen LogP contribution in [0.3, 0.4) is 0 Å². The Balaban J connectivity index is 2.64. The second-order valence-corrected chi connectivity index (χ2v) is 6.40. The van der Waals surface area contributed by atoms with Crippen molar-refractivity contribution in [1.29, 1.82) is 0 Å². The van der Waals surface area contributed by atoms with Gasteiger partial charge in [-0.05, 0) is 30.0 Å². The molecule has 1 aromatic rings. The molecule has 1 unspecified atom stereocenters. The van der Waals surface area contributed by atoms with Crippen molar-refractivity contribution in [1.82, 2.24) is 0 Å². The zero-order chi connectivity index (χ0) is 13.5. The number of rotatable bonds is 7. The molecule has 0 bridgehead atoms. The quantitative estimate of drug-likeness (QED) is 0.827. The summed E-state index contributed by atoms with van der Waals surface area (Å²) < 4.78 is 17.1. The van der Waals surface area contributed by atoms with Gasteiger partial charge in [-0.15, -0.1) is 0 Å². The van der Waals surface area contributed by atoms with Gasteiger partial charge in [-0.2, -0.15) is 0 Å². The number of ether oxygens (including phenoxy) is 1. The van der Waals surface area contributed by atoms with Crippen molar-refractivity contribution in [3.8, 4) is 5.75 Å². The number of nitrogens with two attached hydrogens (primary N) is 1. The first-order valence-electron chi connectivity index (χ1n) is 6.27. The third kappa shape index (κ3) is 4.78. The minimum Gasteiger partial charge on any atom is -0.496 e. The van der Waals surface area contributed by atoms with E-state index in [1.165, 1.54) is 0 Å². The van der Waals surface area contributed by atoms with Crippen LogP contribution in [-0.2, 0) is 23.1 Å². The maximum Gasteiger partial charge on any atom is 0.123 e. The molecule has 0 amide bonds. The molecule has 0 radical (unpaired) electrons. The average molecular weight is 269 g/mol. The van der Waals surface area contributed by atoms with Crippen LogP contribution in [0.1, 0.15) is 31.4 Å². The van der Waals surface area contributed by atoms with E-state index in [1.54, 1.807) is 7.11 Å². The molecule has 0 saturated heterocycles. The molecule has 0 aliphatic rings. The molecule has 0 aromatic heterocycles. The number of hydrogen-bond acceptors (Lipinski definition) is 3. The van der Waals surface area contributed by atoms with E-state index in [0.29, 0.717) is 18.2 Å². The molecular weight excluding hydrogens is 246 g/mol. The summed E-state index contributed by atoms with van der Waals surface area (Å²) in [4.78, 5) is 0. The first-order valence-corrected chi connectivity index (χ1v) is 7.76. The second-order valence-electron chi connectivity index (χ2n) is 4.82. The van der Waals surface area contributed by atoms with Crippen molar-refractivity contribution >= 4 is 10.8 Å². The molecule has 1 aromatic carbocycles. The average Bonchev–Trinajstić information content (AvgIpc) is 2.36. The lowest BCUT2D eigenvalue weighted by molar-refractivity contribution is 0.409. The number of hydrogen-bond donors (Lipinski definition) is 1. The lowest BCUT2D eigenvalue weighted by atomic mass is 10.1. The molecule has 0 spiro atoms. The van der Waals surface area contributed by atoms with Crippen molar-refractivity contribution < 1.29 is 8.95 Å². The maximum absolute atomic E-state index is 11.9. The molecular formula is C14H23NO2S. The second kappa shape index (κ2) is 7.54. The summed E-state index contributed by atoms with van der Waals surface area (Å²) in [5, 5.41) is 0. The molecule has 0 fully saturated rings. The van der Waals surface area contributed by atoms with Crippen LogP contribution in [-0.4, -0.2) is 17.1 Å². The molecule has 0 saturated carbocycles. The lowest BCUT2D eigenvalue weighted by Crippen LogP contribution is -2.06. The Morgan fingerprint density at radius 1 is 1.39 bits per heavy atom. The highest BCUT2D eigenvalue weighted by Gasteiger charge is 2.07. The van der Waals surface area contributed by atoms with Gasteiger partial charge in [0, 0.05) is 34.4 Å². The van der Waals surface area contributed by atoms with Gasteiger partial charge >= 0.3 is 0 Å². The monoisotopic (exact) mass is 269 g/mol. The highest BCUT2D eigenvalue weighted by atomic mass is 32.2. The topological polar surface area (TPSA) is 52.3 Å². The zero-order valence-corrected chi connectivity index (χ0v) is 12.3. The summed E-state index contributed by atoms with van der Waals surface area (Å²) in [5.74, 6) is 2.77. The first kappa shape index (κ1) is 15.2. The van der Waals surface area contributed by atoms with Gasteiger partial charge in [0.25, 0.3) is 0 Å². The molecule has 4 heteroatoms. The summed E-state index contributed by atoms with van der Waals surface area (Å²) in [7, 11) is 0.842. The molecule has 2 N–H and O–H groups in total. The van der Waals surface area contributed by atoms with Gasteiger partial charge in [0.2, 0.25) is 0 Å². The van der Waals surface area contributed by atoms with Crippen molar-refractivity contribution in [3.63, 3.8) is 0 Å². The minimum atomic E-state index is -0.792. The molecule has 3 nitrogen and oxygen atoms in total. The summed E-state index contributed by atoms with van der Waals surface area (Å²) in [5.41, 5.74) is 7.70. The van der Waals surface area contributed by atoms with E-state index in [2.05, 4.69) is 13.8 Å². The molecule has 0 heterocycles. The van der Waals surface area contributed by atoms with Crippen molar-refractivity contribution in [2.24, 2.45) is 11.7 Å². The summed E-state index contributed by atoms with van der Waals surface area (Å²) in [6.45, 7) is 4.74. The summed E-state index contributed by atoms with van der Waals surface area (Å²) in [6, 6.07) is 5.86. The molecule has 0 aliphatic carbocycles. The van der Waals surface area contributed by atoms with Crippen LogP contribution in [0.15, 0.2) is 18.2 Å². The van der Waals surface area contributed by atoms with Gasteiger partial charge in [-0.25, -0.2) is 0 Å². The van der Waals surface area contributed by atoms with Crippen LogP contribution in [0, 0.1) is 5.92 Å². The van der Waals surface area contributed by atoms with E-state index in [0.717, 1.165) is 29.1 Å². The smallest absolute Gasteiger partial charge is 0.123 e. The fraction of sp³-hybridized carbons (Fsp3) is 0.571. The van der Waals surface area contributed by atoms with Crippen molar-refractivity contribution in [2.75, 3.05) is 12.9 Å². The van der Waals surface area contributed by atoms with Crippen LogP contribution < -0.4 is 10.5 Å². The normalized spacial score (nSPS) is 12.7. The highest BCUT2D eigenvalue weighted by Crippen LogP contribution is 2.20. The number of benzene rings is 1. The van der Waals surface area contributed by atoms with Crippen LogP contribution in [0.25, 0.3) is 0 Å². The fourth-order valence-corrected chi connectivity index (χ4v) is 3.14. The first-order chi connectivity index (χ1) is 8.56. The number of methoxy groups -OCH3 is 1. The van der Waals surface area contributed by atoms with Crippen LogP contribution >= 0.6 is 0 Å². The van der Waals surface area contributed by atoms with Gasteiger partial charge in [-0.3, -0.25) is 4.21 Å². The predicted molar refractivity (Wildman–Crippen MR) is 77.1 cm³/mol. The maximum atomic E-state index is 11.9. The lowest BCUT2D eigenvalue weighted by Gasteiger charge is -2.09. The summed E-state index contributed by atoms with van der Waals surface area (Å²) in [6.07, 6.45) is 1.01. The summed E-state index contributed by atoms with van der Waals surface area (Å²) >= 11 is 0. The van der Waals surface area contributed by atoms with E-state index in [-0.39, 0.29) is 0 Å². The fourth-order valence-electron chi connectivity index (χ4n) is 1.71. The van der Waals surface area contributed by atoms with E-state index < -0.39 is 10.8 Å². The largest absolute Gasteiger partial charge is 0.496 e. The Bertz CT molecular complexity index is 405. The van der Waals surface area contributed by atoms with Gasteiger partial charge in [0.15, 0.2) is 0 Å². The van der Waals surface area contributed by atoms with Crippen molar-refractivity contribution in [3.05, 3.63) is 29.3 Å². The molecule has 0 aliphatic heterocycles. The Morgan fingerprint density at radius 3 is 2.67 bits per heavy atom. The van der Waals surface area contributed by atoms with E-state index >= 15 is 0 Å².